The molecule has 0 bridgehead atoms. The molecule has 0 aliphatic rings. The first-order chi connectivity index (χ1) is 9.08. The van der Waals surface area contributed by atoms with E-state index in [1.54, 1.807) is 24.3 Å². The highest BCUT2D eigenvalue weighted by Crippen LogP contribution is 2.17. The van der Waals surface area contributed by atoms with Crippen LogP contribution in [0.3, 0.4) is 0 Å². The van der Waals surface area contributed by atoms with Crippen LogP contribution in [-0.2, 0) is 16.3 Å². The second-order valence-electron chi connectivity index (χ2n) is 4.36. The van der Waals surface area contributed by atoms with Crippen molar-refractivity contribution in [2.45, 2.75) is 17.7 Å². The molecule has 0 N–H and O–H groups in total. The minimum Gasteiger partial charge on any atom is -0.224 e. The van der Waals surface area contributed by atoms with Crippen LogP contribution in [0, 0.1) is 0 Å². The van der Waals surface area contributed by atoms with Gasteiger partial charge in [0.25, 0.3) is 0 Å². The van der Waals surface area contributed by atoms with E-state index < -0.39 is 9.84 Å². The van der Waals surface area contributed by atoms with Gasteiger partial charge >= 0.3 is 0 Å². The van der Waals surface area contributed by atoms with Gasteiger partial charge < -0.3 is 0 Å². The van der Waals surface area contributed by atoms with E-state index in [1.807, 2.05) is 30.3 Å². The van der Waals surface area contributed by atoms with Crippen molar-refractivity contribution in [3.63, 3.8) is 0 Å². The summed E-state index contributed by atoms with van der Waals surface area (Å²) in [6.45, 7) is 0. The number of sulfone groups is 1. The van der Waals surface area contributed by atoms with Gasteiger partial charge in [0, 0.05) is 4.47 Å². The van der Waals surface area contributed by atoms with Crippen LogP contribution in [0.15, 0.2) is 64.0 Å². The molecule has 100 valence electrons. The van der Waals surface area contributed by atoms with Gasteiger partial charge in [-0.3, -0.25) is 0 Å². The summed E-state index contributed by atoms with van der Waals surface area (Å²) in [5.41, 5.74) is 1.17. The van der Waals surface area contributed by atoms with Crippen molar-refractivity contribution in [3.05, 3.63) is 64.6 Å². The molecular formula is C15H15BrO2S. The topological polar surface area (TPSA) is 34.1 Å². The molecule has 2 rings (SSSR count). The van der Waals surface area contributed by atoms with Gasteiger partial charge in [0.1, 0.15) is 0 Å². The fourth-order valence-electron chi connectivity index (χ4n) is 1.87. The van der Waals surface area contributed by atoms with Crippen molar-refractivity contribution < 1.29 is 8.42 Å². The van der Waals surface area contributed by atoms with E-state index in [9.17, 15) is 8.42 Å². The van der Waals surface area contributed by atoms with Crippen LogP contribution in [0.4, 0.5) is 0 Å². The van der Waals surface area contributed by atoms with Gasteiger partial charge in [0.05, 0.1) is 10.6 Å². The van der Waals surface area contributed by atoms with E-state index >= 15 is 0 Å². The standard InChI is InChI=1S/C15H15BrO2S/c16-14-8-10-15(11-9-14)19(17,18)12-4-7-13-5-2-1-3-6-13/h1-3,5-6,8-11H,4,7,12H2. The molecule has 0 fully saturated rings. The average Bonchev–Trinajstić information content (AvgIpc) is 2.40. The molecule has 0 aliphatic carbocycles. The molecule has 0 atom stereocenters. The lowest BCUT2D eigenvalue weighted by atomic mass is 10.1. The second kappa shape index (κ2) is 6.35. The first-order valence-corrected chi connectivity index (χ1v) is 8.55. The molecule has 2 nitrogen and oxygen atoms in total. The van der Waals surface area contributed by atoms with Crippen LogP contribution in [0.2, 0.25) is 0 Å². The number of rotatable bonds is 5. The maximum atomic E-state index is 12.1. The number of aryl methyl sites for hydroxylation is 1. The molecule has 19 heavy (non-hydrogen) atoms. The number of hydrogen-bond acceptors (Lipinski definition) is 2. The SMILES string of the molecule is O=S(=O)(CCCc1ccccc1)c1ccc(Br)cc1. The van der Waals surface area contributed by atoms with E-state index in [1.165, 1.54) is 5.56 Å². The molecule has 2 aromatic carbocycles. The summed E-state index contributed by atoms with van der Waals surface area (Å²) in [7, 11) is -3.17. The predicted molar refractivity (Wildman–Crippen MR) is 81.0 cm³/mol. The van der Waals surface area contributed by atoms with Crippen LogP contribution in [0.1, 0.15) is 12.0 Å². The summed E-state index contributed by atoms with van der Waals surface area (Å²) < 4.78 is 25.1. The van der Waals surface area contributed by atoms with Gasteiger partial charge in [0.15, 0.2) is 9.84 Å². The zero-order chi connectivity index (χ0) is 13.7. The normalized spacial score (nSPS) is 11.4. The molecule has 2 aromatic rings. The largest absolute Gasteiger partial charge is 0.224 e. The maximum absolute atomic E-state index is 12.1. The first-order valence-electron chi connectivity index (χ1n) is 6.10. The lowest BCUT2D eigenvalue weighted by Crippen LogP contribution is -2.07. The van der Waals surface area contributed by atoms with E-state index in [4.69, 9.17) is 0 Å². The smallest absolute Gasteiger partial charge is 0.178 e. The van der Waals surface area contributed by atoms with Crippen molar-refractivity contribution >= 4 is 25.8 Å². The van der Waals surface area contributed by atoms with Crippen molar-refractivity contribution in [1.29, 1.82) is 0 Å². The van der Waals surface area contributed by atoms with Crippen molar-refractivity contribution in [2.75, 3.05) is 5.75 Å². The Balaban J connectivity index is 1.97. The van der Waals surface area contributed by atoms with Crippen molar-refractivity contribution in [3.8, 4) is 0 Å². The summed E-state index contributed by atoms with van der Waals surface area (Å²) >= 11 is 3.30. The van der Waals surface area contributed by atoms with Crippen LogP contribution >= 0.6 is 15.9 Å². The van der Waals surface area contributed by atoms with Crippen LogP contribution in [0.25, 0.3) is 0 Å². The van der Waals surface area contributed by atoms with Gasteiger partial charge in [-0.05, 0) is 42.7 Å². The van der Waals surface area contributed by atoms with Gasteiger partial charge in [-0.2, -0.15) is 0 Å². The lowest BCUT2D eigenvalue weighted by Gasteiger charge is -2.05. The van der Waals surface area contributed by atoms with Crippen molar-refractivity contribution in [2.24, 2.45) is 0 Å². The molecule has 0 spiro atoms. The number of halogens is 1. The van der Waals surface area contributed by atoms with E-state index in [0.717, 1.165) is 10.9 Å². The Labute approximate surface area is 122 Å². The van der Waals surface area contributed by atoms with Gasteiger partial charge in [-0.25, -0.2) is 8.42 Å². The molecule has 4 heteroatoms. The monoisotopic (exact) mass is 338 g/mol. The Morgan fingerprint density at radius 3 is 2.16 bits per heavy atom. The summed E-state index contributed by atoms with van der Waals surface area (Å²) in [6.07, 6.45) is 1.43. The Hall–Kier alpha value is -1.13. The quantitative estimate of drug-likeness (QED) is 0.829. The Morgan fingerprint density at radius 2 is 1.53 bits per heavy atom. The van der Waals surface area contributed by atoms with E-state index in [0.29, 0.717) is 11.3 Å². The molecule has 0 amide bonds. The zero-order valence-corrected chi connectivity index (χ0v) is 12.8. The summed E-state index contributed by atoms with van der Waals surface area (Å²) in [6, 6.07) is 16.7. The average molecular weight is 339 g/mol. The third-order valence-corrected chi connectivity index (χ3v) is 5.24. The molecule has 0 unspecified atom stereocenters. The third kappa shape index (κ3) is 4.18. The first kappa shape index (κ1) is 14.3. The highest BCUT2D eigenvalue weighted by atomic mass is 79.9. The number of benzene rings is 2. The minimum atomic E-state index is -3.17. The Bertz CT molecular complexity index is 619. The molecule has 0 saturated heterocycles. The molecular weight excluding hydrogens is 324 g/mol. The Kier molecular flexibility index (Phi) is 4.77. The van der Waals surface area contributed by atoms with Crippen LogP contribution in [0.5, 0.6) is 0 Å². The van der Waals surface area contributed by atoms with Gasteiger partial charge in [0.2, 0.25) is 0 Å². The zero-order valence-electron chi connectivity index (χ0n) is 10.4. The summed E-state index contributed by atoms with van der Waals surface area (Å²) in [5.74, 6) is 0.184. The van der Waals surface area contributed by atoms with E-state index in [-0.39, 0.29) is 5.75 Å². The van der Waals surface area contributed by atoms with Gasteiger partial charge in [-0.1, -0.05) is 46.3 Å². The summed E-state index contributed by atoms with van der Waals surface area (Å²) in [4.78, 5) is 0.392. The van der Waals surface area contributed by atoms with Crippen LogP contribution < -0.4 is 0 Å². The highest BCUT2D eigenvalue weighted by molar-refractivity contribution is 9.10. The third-order valence-electron chi connectivity index (χ3n) is 2.89. The highest BCUT2D eigenvalue weighted by Gasteiger charge is 2.13. The Morgan fingerprint density at radius 1 is 0.895 bits per heavy atom. The molecule has 0 radical (unpaired) electrons. The van der Waals surface area contributed by atoms with E-state index in [2.05, 4.69) is 15.9 Å². The minimum absolute atomic E-state index is 0.184. The predicted octanol–water partition coefficient (Wildman–Crippen LogP) is 3.86. The lowest BCUT2D eigenvalue weighted by molar-refractivity contribution is 0.593. The molecule has 0 heterocycles. The van der Waals surface area contributed by atoms with Crippen LogP contribution in [-0.4, -0.2) is 14.2 Å². The summed E-state index contributed by atoms with van der Waals surface area (Å²) in [5, 5.41) is 0. The number of hydrogen-bond donors (Lipinski definition) is 0. The molecule has 0 saturated carbocycles. The van der Waals surface area contributed by atoms with Gasteiger partial charge in [-0.15, -0.1) is 0 Å². The maximum Gasteiger partial charge on any atom is 0.178 e. The second-order valence-corrected chi connectivity index (χ2v) is 7.39. The fraction of sp³-hybridized carbons (Fsp3) is 0.200. The molecule has 0 aromatic heterocycles. The molecule has 0 aliphatic heterocycles. The fourth-order valence-corrected chi connectivity index (χ4v) is 3.45. The van der Waals surface area contributed by atoms with Crippen molar-refractivity contribution in [1.82, 2.24) is 0 Å².